The maximum atomic E-state index is 6.51. The first-order chi connectivity index (χ1) is 17.7. The van der Waals surface area contributed by atoms with Crippen molar-refractivity contribution >= 4 is 0 Å². The summed E-state index contributed by atoms with van der Waals surface area (Å²) in [5, 5.41) is 0. The number of hydrogen-bond donors (Lipinski definition) is 0. The Bertz CT molecular complexity index is 1060. The summed E-state index contributed by atoms with van der Waals surface area (Å²) in [5.41, 5.74) is 3.02. The molecule has 2 fully saturated rings. The summed E-state index contributed by atoms with van der Waals surface area (Å²) in [6.45, 7) is 1.15. The Morgan fingerprint density at radius 1 is 0.722 bits per heavy atom. The molecule has 6 atom stereocenters. The van der Waals surface area contributed by atoms with Crippen molar-refractivity contribution in [1.82, 2.24) is 0 Å². The Balaban J connectivity index is 1.38. The lowest BCUT2D eigenvalue weighted by Gasteiger charge is -2.48. The highest BCUT2D eigenvalue weighted by molar-refractivity contribution is 5.28. The highest BCUT2D eigenvalue weighted by Crippen LogP contribution is 2.37. The second kappa shape index (κ2) is 12.0. The van der Waals surface area contributed by atoms with E-state index in [9.17, 15) is 0 Å². The SMILES string of the molecule is COc1ccc([C@@H]2OC[C@H]3O[C@H](OC)[C@H](OCc4ccccc4)[C@@H](OCc4ccccc4)[C@H]3O2)cc1. The van der Waals surface area contributed by atoms with Crippen molar-refractivity contribution in [2.24, 2.45) is 0 Å². The smallest absolute Gasteiger partial charge is 0.186 e. The van der Waals surface area contributed by atoms with Crippen LogP contribution in [0.1, 0.15) is 23.0 Å². The first kappa shape index (κ1) is 24.9. The molecule has 36 heavy (non-hydrogen) atoms. The monoisotopic (exact) mass is 492 g/mol. The molecule has 0 aliphatic carbocycles. The Hall–Kier alpha value is -2.78. The van der Waals surface area contributed by atoms with Crippen molar-refractivity contribution in [2.45, 2.75) is 50.2 Å². The van der Waals surface area contributed by atoms with E-state index in [2.05, 4.69) is 0 Å². The van der Waals surface area contributed by atoms with E-state index in [0.717, 1.165) is 22.4 Å². The van der Waals surface area contributed by atoms with E-state index in [0.29, 0.717) is 19.8 Å². The number of fused-ring (bicyclic) bond motifs is 1. The van der Waals surface area contributed by atoms with Gasteiger partial charge >= 0.3 is 0 Å². The molecule has 0 spiro atoms. The van der Waals surface area contributed by atoms with Gasteiger partial charge in [0.15, 0.2) is 12.6 Å². The summed E-state index contributed by atoms with van der Waals surface area (Å²) in [6, 6.07) is 27.7. The molecule has 0 radical (unpaired) electrons. The molecule has 0 unspecified atom stereocenters. The molecule has 7 heteroatoms. The van der Waals surface area contributed by atoms with Gasteiger partial charge in [-0.05, 0) is 23.3 Å². The lowest BCUT2D eigenvalue weighted by atomic mass is 9.97. The number of methoxy groups -OCH3 is 2. The minimum atomic E-state index is -0.625. The topological polar surface area (TPSA) is 64.6 Å². The quantitative estimate of drug-likeness (QED) is 0.431. The Kier molecular flexibility index (Phi) is 8.28. The summed E-state index contributed by atoms with van der Waals surface area (Å²) in [4.78, 5) is 0. The van der Waals surface area contributed by atoms with Crippen molar-refractivity contribution in [3.05, 3.63) is 102 Å². The van der Waals surface area contributed by atoms with Gasteiger partial charge in [0.2, 0.25) is 0 Å². The van der Waals surface area contributed by atoms with Crippen molar-refractivity contribution in [2.75, 3.05) is 20.8 Å². The maximum absolute atomic E-state index is 6.51. The highest BCUT2D eigenvalue weighted by Gasteiger charge is 2.51. The summed E-state index contributed by atoms with van der Waals surface area (Å²) in [7, 11) is 3.26. The molecular weight excluding hydrogens is 460 g/mol. The van der Waals surface area contributed by atoms with Gasteiger partial charge in [0, 0.05) is 12.7 Å². The van der Waals surface area contributed by atoms with Gasteiger partial charge in [0.1, 0.15) is 30.2 Å². The van der Waals surface area contributed by atoms with Gasteiger partial charge in [-0.3, -0.25) is 0 Å². The fourth-order valence-electron chi connectivity index (χ4n) is 4.57. The molecule has 5 rings (SSSR count). The molecule has 190 valence electrons. The van der Waals surface area contributed by atoms with E-state index in [4.69, 9.17) is 33.2 Å². The number of benzene rings is 3. The minimum absolute atomic E-state index is 0.345. The molecule has 3 aromatic rings. The Morgan fingerprint density at radius 2 is 1.33 bits per heavy atom. The van der Waals surface area contributed by atoms with E-state index >= 15 is 0 Å². The molecule has 0 saturated carbocycles. The summed E-state index contributed by atoms with van der Waals surface area (Å²) in [5.74, 6) is 0.773. The summed E-state index contributed by atoms with van der Waals surface area (Å²) >= 11 is 0. The molecule has 0 N–H and O–H groups in total. The van der Waals surface area contributed by atoms with Crippen LogP contribution in [0, 0.1) is 0 Å². The molecule has 0 aromatic heterocycles. The van der Waals surface area contributed by atoms with Crippen LogP contribution in [0.15, 0.2) is 84.9 Å². The predicted molar refractivity (Wildman–Crippen MR) is 132 cm³/mol. The van der Waals surface area contributed by atoms with Gasteiger partial charge in [-0.15, -0.1) is 0 Å². The second-order valence-corrected chi connectivity index (χ2v) is 8.84. The van der Waals surface area contributed by atoms with Gasteiger partial charge in [-0.25, -0.2) is 0 Å². The van der Waals surface area contributed by atoms with Crippen LogP contribution in [0.3, 0.4) is 0 Å². The van der Waals surface area contributed by atoms with Gasteiger partial charge in [0.05, 0.1) is 26.9 Å². The third-order valence-electron chi connectivity index (χ3n) is 6.47. The van der Waals surface area contributed by atoms with E-state index in [-0.39, 0.29) is 6.10 Å². The van der Waals surface area contributed by atoms with Crippen LogP contribution in [0.5, 0.6) is 5.75 Å². The normalized spacial score (nSPS) is 27.8. The third-order valence-corrected chi connectivity index (χ3v) is 6.47. The van der Waals surface area contributed by atoms with Crippen LogP contribution in [-0.4, -0.2) is 51.5 Å². The fourth-order valence-corrected chi connectivity index (χ4v) is 4.57. The standard InChI is InChI=1S/C29H32O7/c1-30-23-15-13-22(14-16-23)28-34-19-24-25(36-28)26(32-17-20-9-5-3-6-10-20)27(29(31-2)35-24)33-18-21-11-7-4-8-12-21/h3-16,24-29H,17-19H2,1-2H3/t24-,25+,26+,27-,28-,29+/m1/s1. The molecule has 2 aliphatic heterocycles. The summed E-state index contributed by atoms with van der Waals surface area (Å²) < 4.78 is 42.6. The van der Waals surface area contributed by atoms with Crippen LogP contribution in [-0.2, 0) is 41.6 Å². The maximum Gasteiger partial charge on any atom is 0.186 e. The third kappa shape index (κ3) is 5.78. The largest absolute Gasteiger partial charge is 0.497 e. The van der Waals surface area contributed by atoms with Gasteiger partial charge < -0.3 is 33.2 Å². The van der Waals surface area contributed by atoms with Crippen molar-refractivity contribution in [3.63, 3.8) is 0 Å². The van der Waals surface area contributed by atoms with Gasteiger partial charge in [-0.2, -0.15) is 0 Å². The first-order valence-electron chi connectivity index (χ1n) is 12.2. The van der Waals surface area contributed by atoms with E-state index < -0.39 is 30.9 Å². The number of ether oxygens (including phenoxy) is 7. The number of hydrogen-bond acceptors (Lipinski definition) is 7. The second-order valence-electron chi connectivity index (χ2n) is 8.84. The van der Waals surface area contributed by atoms with Crippen molar-refractivity contribution < 1.29 is 33.2 Å². The molecule has 0 amide bonds. The van der Waals surface area contributed by atoms with Crippen LogP contribution in [0.2, 0.25) is 0 Å². The molecule has 2 heterocycles. The lowest BCUT2D eigenvalue weighted by molar-refractivity contribution is -0.369. The van der Waals surface area contributed by atoms with Crippen LogP contribution >= 0.6 is 0 Å². The zero-order valence-electron chi connectivity index (χ0n) is 20.5. The van der Waals surface area contributed by atoms with Crippen molar-refractivity contribution in [1.29, 1.82) is 0 Å². The predicted octanol–water partition coefficient (Wildman–Crippen LogP) is 4.65. The Morgan fingerprint density at radius 3 is 1.92 bits per heavy atom. The minimum Gasteiger partial charge on any atom is -0.497 e. The lowest BCUT2D eigenvalue weighted by Crippen LogP contribution is -2.63. The van der Waals surface area contributed by atoms with Crippen molar-refractivity contribution in [3.8, 4) is 5.75 Å². The molecule has 7 nitrogen and oxygen atoms in total. The van der Waals surface area contributed by atoms with E-state index in [1.54, 1.807) is 14.2 Å². The van der Waals surface area contributed by atoms with E-state index in [1.165, 1.54) is 0 Å². The number of rotatable bonds is 9. The van der Waals surface area contributed by atoms with Crippen LogP contribution in [0.4, 0.5) is 0 Å². The average molecular weight is 493 g/mol. The van der Waals surface area contributed by atoms with Gasteiger partial charge in [0.25, 0.3) is 0 Å². The molecular formula is C29H32O7. The van der Waals surface area contributed by atoms with Crippen LogP contribution in [0.25, 0.3) is 0 Å². The molecule has 2 saturated heterocycles. The molecule has 0 bridgehead atoms. The zero-order valence-corrected chi connectivity index (χ0v) is 20.5. The summed E-state index contributed by atoms with van der Waals surface area (Å²) in [6.07, 6.45) is -2.90. The van der Waals surface area contributed by atoms with Gasteiger partial charge in [-0.1, -0.05) is 72.8 Å². The van der Waals surface area contributed by atoms with Crippen LogP contribution < -0.4 is 4.74 Å². The fraction of sp³-hybridized carbons (Fsp3) is 0.379. The first-order valence-corrected chi connectivity index (χ1v) is 12.2. The van der Waals surface area contributed by atoms with E-state index in [1.807, 2.05) is 84.9 Å². The zero-order chi connectivity index (χ0) is 24.7. The Labute approximate surface area is 211 Å². The average Bonchev–Trinajstić information content (AvgIpc) is 2.95. The molecule has 2 aliphatic rings. The highest BCUT2D eigenvalue weighted by atomic mass is 16.8. The molecule has 3 aromatic carbocycles.